The van der Waals surface area contributed by atoms with Gasteiger partial charge in [0.2, 0.25) is 0 Å². The first-order valence-electron chi connectivity index (χ1n) is 3.81. The first-order chi connectivity index (χ1) is 6.50. The molecule has 0 saturated carbocycles. The van der Waals surface area contributed by atoms with Crippen LogP contribution in [0.15, 0.2) is 16.7 Å². The van der Waals surface area contributed by atoms with E-state index < -0.39 is 11.9 Å². The number of carbonyl (C=O) groups is 2. The van der Waals surface area contributed by atoms with Gasteiger partial charge in [0.05, 0.1) is 6.42 Å². The van der Waals surface area contributed by atoms with Crippen LogP contribution in [0.1, 0.15) is 16.9 Å². The van der Waals surface area contributed by atoms with E-state index in [1.54, 1.807) is 6.20 Å². The Bertz CT molecular complexity index is 371. The number of halogens is 1. The maximum atomic E-state index is 10.7. The van der Waals surface area contributed by atoms with E-state index >= 15 is 0 Å². The summed E-state index contributed by atoms with van der Waals surface area (Å²) < 4.78 is 2.01. The zero-order valence-electron chi connectivity index (χ0n) is 7.11. The fraction of sp³-hybridized carbons (Fsp3) is 0.250. The molecule has 0 unspecified atom stereocenters. The van der Waals surface area contributed by atoms with Crippen LogP contribution in [0.4, 0.5) is 0 Å². The van der Waals surface area contributed by atoms with Crippen molar-refractivity contribution in [2.45, 2.75) is 13.0 Å². The van der Waals surface area contributed by atoms with Crippen LogP contribution in [0.3, 0.4) is 0 Å². The molecule has 76 valence electrons. The average Bonchev–Trinajstić information content (AvgIpc) is 2.43. The lowest BCUT2D eigenvalue weighted by atomic mass is 10.4. The molecule has 0 aliphatic heterocycles. The van der Waals surface area contributed by atoms with Gasteiger partial charge < -0.3 is 14.8 Å². The third kappa shape index (κ3) is 2.59. The summed E-state index contributed by atoms with van der Waals surface area (Å²) in [5.41, 5.74) is 0.0816. The highest BCUT2D eigenvalue weighted by molar-refractivity contribution is 9.10. The summed E-state index contributed by atoms with van der Waals surface area (Å²) in [6.07, 6.45) is 1.45. The molecule has 1 aromatic rings. The summed E-state index contributed by atoms with van der Waals surface area (Å²) in [6, 6.07) is 1.43. The van der Waals surface area contributed by atoms with Gasteiger partial charge in [0.25, 0.3) is 0 Å². The Morgan fingerprint density at radius 1 is 1.43 bits per heavy atom. The first-order valence-corrected chi connectivity index (χ1v) is 4.61. The normalized spacial score (nSPS) is 10.1. The minimum Gasteiger partial charge on any atom is -0.481 e. The maximum Gasteiger partial charge on any atom is 0.352 e. The average molecular weight is 262 g/mol. The molecular weight excluding hydrogens is 254 g/mol. The number of nitrogens with zero attached hydrogens (tertiary/aromatic N) is 1. The van der Waals surface area contributed by atoms with Crippen LogP contribution in [0.2, 0.25) is 0 Å². The summed E-state index contributed by atoms with van der Waals surface area (Å²) >= 11 is 3.13. The number of aromatic nitrogens is 1. The lowest BCUT2D eigenvalue weighted by Crippen LogP contribution is -2.10. The molecular formula is C8H8BrNO4. The molecule has 1 rings (SSSR count). The SMILES string of the molecule is O=C(O)CCn1cc(Br)cc1C(=O)O. The van der Waals surface area contributed by atoms with Crippen LogP contribution >= 0.6 is 15.9 Å². The van der Waals surface area contributed by atoms with Crippen LogP contribution in [0, 0.1) is 0 Å². The van der Waals surface area contributed by atoms with E-state index in [0.29, 0.717) is 4.47 Å². The highest BCUT2D eigenvalue weighted by atomic mass is 79.9. The van der Waals surface area contributed by atoms with Crippen molar-refractivity contribution in [2.75, 3.05) is 0 Å². The van der Waals surface area contributed by atoms with Crippen molar-refractivity contribution in [2.24, 2.45) is 0 Å². The van der Waals surface area contributed by atoms with Crippen molar-refractivity contribution in [1.29, 1.82) is 0 Å². The second-order valence-electron chi connectivity index (χ2n) is 2.69. The molecule has 1 aromatic heterocycles. The molecule has 0 radical (unpaired) electrons. The quantitative estimate of drug-likeness (QED) is 0.860. The molecule has 0 saturated heterocycles. The minimum absolute atomic E-state index is 0.0816. The first kappa shape index (κ1) is 10.8. The molecule has 14 heavy (non-hydrogen) atoms. The summed E-state index contributed by atoms with van der Waals surface area (Å²) in [6.45, 7) is 0.155. The largest absolute Gasteiger partial charge is 0.481 e. The number of rotatable bonds is 4. The number of carboxylic acid groups (broad SMARTS) is 2. The predicted octanol–water partition coefficient (Wildman–Crippen LogP) is 1.42. The van der Waals surface area contributed by atoms with E-state index in [1.807, 2.05) is 0 Å². The Morgan fingerprint density at radius 2 is 2.07 bits per heavy atom. The zero-order valence-corrected chi connectivity index (χ0v) is 8.69. The second-order valence-corrected chi connectivity index (χ2v) is 3.60. The Balaban J connectivity index is 2.84. The molecule has 5 nitrogen and oxygen atoms in total. The van der Waals surface area contributed by atoms with Crippen molar-refractivity contribution < 1.29 is 19.8 Å². The number of aromatic carboxylic acids is 1. The van der Waals surface area contributed by atoms with E-state index in [1.165, 1.54) is 10.6 Å². The van der Waals surface area contributed by atoms with Gasteiger partial charge in [0.1, 0.15) is 5.69 Å². The molecule has 2 N–H and O–H groups in total. The third-order valence-corrected chi connectivity index (χ3v) is 2.08. The van der Waals surface area contributed by atoms with Crippen LogP contribution in [-0.2, 0) is 11.3 Å². The van der Waals surface area contributed by atoms with Gasteiger partial charge in [0, 0.05) is 17.2 Å². The van der Waals surface area contributed by atoms with Crippen molar-refractivity contribution in [1.82, 2.24) is 4.57 Å². The van der Waals surface area contributed by atoms with Crippen molar-refractivity contribution in [3.63, 3.8) is 0 Å². The van der Waals surface area contributed by atoms with E-state index in [0.717, 1.165) is 0 Å². The zero-order chi connectivity index (χ0) is 10.7. The fourth-order valence-electron chi connectivity index (χ4n) is 1.05. The van der Waals surface area contributed by atoms with Gasteiger partial charge in [-0.3, -0.25) is 4.79 Å². The summed E-state index contributed by atoms with van der Waals surface area (Å²) in [4.78, 5) is 21.0. The number of hydrogen-bond donors (Lipinski definition) is 2. The highest BCUT2D eigenvalue weighted by Crippen LogP contribution is 2.15. The lowest BCUT2D eigenvalue weighted by Gasteiger charge is -2.02. The lowest BCUT2D eigenvalue weighted by molar-refractivity contribution is -0.137. The van der Waals surface area contributed by atoms with Crippen molar-refractivity contribution >= 4 is 27.9 Å². The summed E-state index contributed by atoms with van der Waals surface area (Å²) in [5, 5.41) is 17.2. The van der Waals surface area contributed by atoms with E-state index in [2.05, 4.69) is 15.9 Å². The van der Waals surface area contributed by atoms with Gasteiger partial charge in [0.15, 0.2) is 0 Å². The summed E-state index contributed by atoms with van der Waals surface area (Å²) in [5.74, 6) is -2.02. The minimum atomic E-state index is -1.07. The molecule has 0 bridgehead atoms. The molecule has 0 aromatic carbocycles. The van der Waals surface area contributed by atoms with Gasteiger partial charge in [-0.1, -0.05) is 0 Å². The number of aliphatic carboxylic acids is 1. The molecule has 6 heteroatoms. The predicted molar refractivity (Wildman–Crippen MR) is 51.3 cm³/mol. The standard InChI is InChI=1S/C8H8BrNO4/c9-5-3-6(8(13)14)10(4-5)2-1-7(11)12/h3-4H,1-2H2,(H,11,12)(H,13,14). The Morgan fingerprint density at radius 3 is 2.57 bits per heavy atom. The van der Waals surface area contributed by atoms with Crippen LogP contribution in [-0.4, -0.2) is 26.7 Å². The van der Waals surface area contributed by atoms with E-state index in [4.69, 9.17) is 10.2 Å². The second kappa shape index (κ2) is 4.28. The van der Waals surface area contributed by atoms with Gasteiger partial charge in [-0.2, -0.15) is 0 Å². The topological polar surface area (TPSA) is 79.5 Å². The van der Waals surface area contributed by atoms with Gasteiger partial charge >= 0.3 is 11.9 Å². The van der Waals surface area contributed by atoms with Crippen molar-refractivity contribution in [3.8, 4) is 0 Å². The van der Waals surface area contributed by atoms with Crippen LogP contribution in [0.5, 0.6) is 0 Å². The Labute approximate surface area is 88.1 Å². The smallest absolute Gasteiger partial charge is 0.352 e. The third-order valence-electron chi connectivity index (χ3n) is 1.65. The molecule has 0 atom stereocenters. The highest BCUT2D eigenvalue weighted by Gasteiger charge is 2.11. The molecule has 0 spiro atoms. The fourth-order valence-corrected chi connectivity index (χ4v) is 1.52. The Hall–Kier alpha value is -1.30. The molecule has 0 amide bonds. The Kier molecular flexibility index (Phi) is 3.29. The molecule has 0 aliphatic rings. The van der Waals surface area contributed by atoms with Crippen LogP contribution in [0.25, 0.3) is 0 Å². The monoisotopic (exact) mass is 261 g/mol. The molecule has 1 heterocycles. The van der Waals surface area contributed by atoms with Crippen molar-refractivity contribution in [3.05, 3.63) is 22.4 Å². The maximum absolute atomic E-state index is 10.7. The summed E-state index contributed by atoms with van der Waals surface area (Å²) in [7, 11) is 0. The number of carboxylic acids is 2. The van der Waals surface area contributed by atoms with E-state index in [9.17, 15) is 9.59 Å². The van der Waals surface area contributed by atoms with Crippen LogP contribution < -0.4 is 0 Å². The number of hydrogen-bond acceptors (Lipinski definition) is 2. The molecule has 0 aliphatic carbocycles. The van der Waals surface area contributed by atoms with E-state index in [-0.39, 0.29) is 18.7 Å². The number of aryl methyl sites for hydroxylation is 1. The molecule has 0 fully saturated rings. The van der Waals surface area contributed by atoms with Gasteiger partial charge in [-0.25, -0.2) is 4.79 Å². The van der Waals surface area contributed by atoms with Gasteiger partial charge in [-0.05, 0) is 22.0 Å². The van der Waals surface area contributed by atoms with Gasteiger partial charge in [-0.15, -0.1) is 0 Å².